The van der Waals surface area contributed by atoms with E-state index in [9.17, 15) is 9.90 Å². The van der Waals surface area contributed by atoms with E-state index in [1.54, 1.807) is 0 Å². The fourth-order valence-corrected chi connectivity index (χ4v) is 2.50. The number of allylic oxidation sites excluding steroid dienone is 1. The van der Waals surface area contributed by atoms with Gasteiger partial charge in [-0.1, -0.05) is 13.0 Å². The van der Waals surface area contributed by atoms with Gasteiger partial charge in [-0.2, -0.15) is 0 Å². The molecule has 2 atom stereocenters. The maximum Gasteiger partial charge on any atom is 0.231 e. The van der Waals surface area contributed by atoms with E-state index in [4.69, 9.17) is 0 Å². The van der Waals surface area contributed by atoms with Crippen molar-refractivity contribution < 1.29 is 9.90 Å². The van der Waals surface area contributed by atoms with Crippen LogP contribution in [0.1, 0.15) is 33.1 Å². The second-order valence-electron chi connectivity index (χ2n) is 5.20. The van der Waals surface area contributed by atoms with Gasteiger partial charge in [0.25, 0.3) is 0 Å². The van der Waals surface area contributed by atoms with Gasteiger partial charge in [-0.05, 0) is 31.8 Å². The molecule has 100 valence electrons. The van der Waals surface area contributed by atoms with Crippen LogP contribution in [0.3, 0.4) is 0 Å². The molecule has 0 aromatic rings. The number of likely N-dealkylation sites (tertiary alicyclic amines) is 1. The first-order valence-electron chi connectivity index (χ1n) is 6.82. The van der Waals surface area contributed by atoms with Gasteiger partial charge in [-0.25, -0.2) is 0 Å². The molecule has 1 N–H and O–H groups in total. The summed E-state index contributed by atoms with van der Waals surface area (Å²) in [7, 11) is 0. The lowest BCUT2D eigenvalue weighted by atomic mass is 9.93. The maximum atomic E-state index is 12.5. The SMILES string of the molecule is CCC1=CC(C(=O)N2CCC(O)CC2)C(C)N=C1. The first kappa shape index (κ1) is 13.3. The number of hydrogen-bond donors (Lipinski definition) is 1. The third-order valence-corrected chi connectivity index (χ3v) is 3.86. The van der Waals surface area contributed by atoms with Crippen LogP contribution in [0, 0.1) is 5.92 Å². The van der Waals surface area contributed by atoms with Gasteiger partial charge in [0.15, 0.2) is 0 Å². The van der Waals surface area contributed by atoms with Crippen molar-refractivity contribution >= 4 is 12.1 Å². The highest BCUT2D eigenvalue weighted by Crippen LogP contribution is 2.22. The minimum absolute atomic E-state index is 0.0275. The van der Waals surface area contributed by atoms with Crippen LogP contribution in [0.2, 0.25) is 0 Å². The van der Waals surface area contributed by atoms with E-state index in [1.165, 1.54) is 0 Å². The molecule has 2 aliphatic heterocycles. The summed E-state index contributed by atoms with van der Waals surface area (Å²) in [4.78, 5) is 18.7. The summed E-state index contributed by atoms with van der Waals surface area (Å²) < 4.78 is 0. The van der Waals surface area contributed by atoms with Crippen LogP contribution in [-0.2, 0) is 4.79 Å². The normalized spacial score (nSPS) is 29.3. The Kier molecular flexibility index (Phi) is 4.17. The molecular formula is C14H22N2O2. The number of amides is 1. The van der Waals surface area contributed by atoms with E-state index in [1.807, 2.05) is 18.0 Å². The van der Waals surface area contributed by atoms with E-state index in [2.05, 4.69) is 18.0 Å². The van der Waals surface area contributed by atoms with Gasteiger partial charge in [0.1, 0.15) is 0 Å². The number of aliphatic hydroxyl groups excluding tert-OH is 1. The molecule has 1 amide bonds. The quantitative estimate of drug-likeness (QED) is 0.805. The number of nitrogens with zero attached hydrogens (tertiary/aromatic N) is 2. The average molecular weight is 250 g/mol. The van der Waals surface area contributed by atoms with Crippen molar-refractivity contribution in [3.63, 3.8) is 0 Å². The van der Waals surface area contributed by atoms with Crippen molar-refractivity contribution in [3.05, 3.63) is 11.6 Å². The lowest BCUT2D eigenvalue weighted by molar-refractivity contribution is -0.136. The molecule has 0 bridgehead atoms. The van der Waals surface area contributed by atoms with E-state index in [-0.39, 0.29) is 24.0 Å². The topological polar surface area (TPSA) is 52.9 Å². The molecule has 1 saturated heterocycles. The average Bonchev–Trinajstić information content (AvgIpc) is 2.39. The highest BCUT2D eigenvalue weighted by molar-refractivity contribution is 5.87. The number of dihydropyridines is 1. The predicted molar refractivity (Wildman–Crippen MR) is 71.6 cm³/mol. The molecule has 0 radical (unpaired) electrons. The number of aliphatic hydroxyl groups is 1. The Hall–Kier alpha value is -1.16. The smallest absolute Gasteiger partial charge is 0.231 e. The number of hydrogen-bond acceptors (Lipinski definition) is 3. The van der Waals surface area contributed by atoms with E-state index >= 15 is 0 Å². The fraction of sp³-hybridized carbons (Fsp3) is 0.714. The molecule has 2 aliphatic rings. The molecule has 2 unspecified atom stereocenters. The molecule has 4 heteroatoms. The van der Waals surface area contributed by atoms with Gasteiger partial charge in [0, 0.05) is 19.3 Å². The van der Waals surface area contributed by atoms with Crippen LogP contribution in [0.4, 0.5) is 0 Å². The van der Waals surface area contributed by atoms with Gasteiger partial charge >= 0.3 is 0 Å². The Morgan fingerprint density at radius 2 is 2.17 bits per heavy atom. The number of carbonyl (C=O) groups is 1. The molecule has 2 rings (SSSR count). The first-order chi connectivity index (χ1) is 8.61. The number of rotatable bonds is 2. The van der Waals surface area contributed by atoms with Crippen molar-refractivity contribution in [2.24, 2.45) is 10.9 Å². The first-order valence-corrected chi connectivity index (χ1v) is 6.82. The lowest BCUT2D eigenvalue weighted by Crippen LogP contribution is -2.45. The summed E-state index contributed by atoms with van der Waals surface area (Å²) >= 11 is 0. The van der Waals surface area contributed by atoms with Gasteiger partial charge in [-0.3, -0.25) is 9.79 Å². The molecule has 0 aromatic carbocycles. The van der Waals surface area contributed by atoms with Crippen LogP contribution >= 0.6 is 0 Å². The number of aliphatic imine (C=N–C) groups is 1. The monoisotopic (exact) mass is 250 g/mol. The Balaban J connectivity index is 2.04. The summed E-state index contributed by atoms with van der Waals surface area (Å²) in [6.45, 7) is 5.40. The second-order valence-corrected chi connectivity index (χ2v) is 5.20. The van der Waals surface area contributed by atoms with E-state index in [0.717, 1.165) is 12.0 Å². The van der Waals surface area contributed by atoms with Gasteiger partial charge in [0.05, 0.1) is 18.1 Å². The molecule has 0 aliphatic carbocycles. The molecule has 18 heavy (non-hydrogen) atoms. The zero-order valence-corrected chi connectivity index (χ0v) is 11.2. The van der Waals surface area contributed by atoms with Gasteiger partial charge < -0.3 is 10.0 Å². The van der Waals surface area contributed by atoms with Crippen LogP contribution in [0.25, 0.3) is 0 Å². The minimum Gasteiger partial charge on any atom is -0.393 e. The number of piperidine rings is 1. The Bertz CT molecular complexity index is 368. The summed E-state index contributed by atoms with van der Waals surface area (Å²) in [6, 6.07) is 0.0275. The molecule has 4 nitrogen and oxygen atoms in total. The van der Waals surface area contributed by atoms with Gasteiger partial charge in [0.2, 0.25) is 5.91 Å². The van der Waals surface area contributed by atoms with Crippen molar-refractivity contribution in [1.82, 2.24) is 4.90 Å². The largest absolute Gasteiger partial charge is 0.393 e. The molecule has 0 aromatic heterocycles. The van der Waals surface area contributed by atoms with Crippen LogP contribution in [0.5, 0.6) is 0 Å². The highest BCUT2D eigenvalue weighted by Gasteiger charge is 2.31. The summed E-state index contributed by atoms with van der Waals surface area (Å²) in [5.74, 6) is 0.0393. The molecule has 0 spiro atoms. The standard InChI is InChI=1S/C14H22N2O2/c1-3-11-8-13(10(2)15-9-11)14(18)16-6-4-12(17)5-7-16/h8-10,12-13,17H,3-7H2,1-2H3. The Labute approximate surface area is 108 Å². The highest BCUT2D eigenvalue weighted by atomic mass is 16.3. The van der Waals surface area contributed by atoms with Crippen molar-refractivity contribution in [1.29, 1.82) is 0 Å². The van der Waals surface area contributed by atoms with Gasteiger partial charge in [-0.15, -0.1) is 0 Å². The van der Waals surface area contributed by atoms with Crippen molar-refractivity contribution in [3.8, 4) is 0 Å². The zero-order valence-electron chi connectivity index (χ0n) is 11.2. The Morgan fingerprint density at radius 1 is 1.50 bits per heavy atom. The summed E-state index contributed by atoms with van der Waals surface area (Å²) in [5.41, 5.74) is 1.14. The fourth-order valence-electron chi connectivity index (χ4n) is 2.50. The molecule has 1 fully saturated rings. The summed E-state index contributed by atoms with van der Waals surface area (Å²) in [5, 5.41) is 9.48. The van der Waals surface area contributed by atoms with E-state index < -0.39 is 0 Å². The van der Waals surface area contributed by atoms with Crippen molar-refractivity contribution in [2.45, 2.75) is 45.3 Å². The Morgan fingerprint density at radius 3 is 2.78 bits per heavy atom. The van der Waals surface area contributed by atoms with Crippen LogP contribution in [-0.4, -0.2) is 47.4 Å². The third-order valence-electron chi connectivity index (χ3n) is 3.86. The number of carbonyl (C=O) groups excluding carboxylic acids is 1. The van der Waals surface area contributed by atoms with Crippen LogP contribution < -0.4 is 0 Å². The second kappa shape index (κ2) is 5.65. The maximum absolute atomic E-state index is 12.5. The van der Waals surface area contributed by atoms with E-state index in [0.29, 0.717) is 25.9 Å². The molecular weight excluding hydrogens is 228 g/mol. The lowest BCUT2D eigenvalue weighted by Gasteiger charge is -2.33. The predicted octanol–water partition coefficient (Wildman–Crippen LogP) is 1.40. The summed E-state index contributed by atoms with van der Waals surface area (Å²) in [6.07, 6.45) is 6.01. The zero-order chi connectivity index (χ0) is 13.1. The molecule has 2 heterocycles. The molecule has 0 saturated carbocycles. The van der Waals surface area contributed by atoms with Crippen LogP contribution in [0.15, 0.2) is 16.6 Å². The minimum atomic E-state index is -0.238. The third kappa shape index (κ3) is 2.80. The van der Waals surface area contributed by atoms with Crippen molar-refractivity contribution in [2.75, 3.05) is 13.1 Å².